The van der Waals surface area contributed by atoms with Crippen LogP contribution in [-0.2, 0) is 16.6 Å². The monoisotopic (exact) mass is 284 g/mol. The van der Waals surface area contributed by atoms with E-state index in [0.29, 0.717) is 5.82 Å². The summed E-state index contributed by atoms with van der Waals surface area (Å²) >= 11 is 1.49. The molecule has 96 valence electrons. The Labute approximate surface area is 109 Å². The minimum Gasteiger partial charge on any atom is -0.308 e. The molecule has 0 aliphatic heterocycles. The van der Waals surface area contributed by atoms with Crippen molar-refractivity contribution in [1.82, 2.24) is 9.71 Å². The molecule has 0 amide bonds. The van der Waals surface area contributed by atoms with E-state index in [1.54, 1.807) is 0 Å². The molecule has 0 fully saturated rings. The van der Waals surface area contributed by atoms with E-state index in [-0.39, 0.29) is 11.4 Å². The molecule has 2 heterocycles. The van der Waals surface area contributed by atoms with Crippen LogP contribution in [0.3, 0.4) is 0 Å². The Morgan fingerprint density at radius 3 is 2.89 bits per heavy atom. The summed E-state index contributed by atoms with van der Waals surface area (Å²) in [6.07, 6.45) is 1.38. The molecule has 0 unspecified atom stereocenters. The number of aromatic nitrogens is 1. The lowest BCUT2D eigenvalue weighted by Crippen LogP contribution is -2.23. The van der Waals surface area contributed by atoms with Crippen LogP contribution in [0, 0.1) is 0 Å². The minimum atomic E-state index is -3.55. The molecule has 0 bridgehead atoms. The van der Waals surface area contributed by atoms with Crippen LogP contribution in [0.5, 0.6) is 0 Å². The topological polar surface area (TPSA) is 97.1 Å². The second-order valence-corrected chi connectivity index (χ2v) is 6.22. The number of hydrogen-bond donors (Lipinski definition) is 3. The fraction of sp³-hybridized carbons (Fsp3) is 0.100. The number of nitrogens with zero attached hydrogens (tertiary/aromatic N) is 1. The number of nitrogens with two attached hydrogens (primary N) is 1. The lowest BCUT2D eigenvalue weighted by atomic mass is 10.5. The molecule has 0 radical (unpaired) electrons. The van der Waals surface area contributed by atoms with Crippen LogP contribution in [0.4, 0.5) is 5.82 Å². The molecule has 2 rings (SSSR count). The zero-order valence-electron chi connectivity index (χ0n) is 9.33. The van der Waals surface area contributed by atoms with E-state index in [1.807, 2.05) is 17.5 Å². The highest BCUT2D eigenvalue weighted by Crippen LogP contribution is 2.13. The third kappa shape index (κ3) is 3.05. The quantitative estimate of drug-likeness (QED) is 0.560. The number of anilines is 1. The number of nitrogen functional groups attached to an aromatic ring is 1. The molecule has 0 saturated carbocycles. The number of hydrogen-bond acceptors (Lipinski definition) is 6. The maximum absolute atomic E-state index is 12.0. The second-order valence-electron chi connectivity index (χ2n) is 3.43. The van der Waals surface area contributed by atoms with E-state index in [0.717, 1.165) is 4.88 Å². The van der Waals surface area contributed by atoms with Gasteiger partial charge in [-0.25, -0.2) is 24.0 Å². The van der Waals surface area contributed by atoms with Gasteiger partial charge in [-0.05, 0) is 17.5 Å². The van der Waals surface area contributed by atoms with Gasteiger partial charge in [-0.1, -0.05) is 6.07 Å². The summed E-state index contributed by atoms with van der Waals surface area (Å²) in [6, 6.07) is 6.53. The van der Waals surface area contributed by atoms with Crippen LogP contribution in [-0.4, -0.2) is 13.4 Å². The lowest BCUT2D eigenvalue weighted by molar-refractivity contribution is 0.581. The molecule has 0 saturated heterocycles. The van der Waals surface area contributed by atoms with Gasteiger partial charge in [-0.2, -0.15) is 0 Å². The van der Waals surface area contributed by atoms with E-state index >= 15 is 0 Å². The highest BCUT2D eigenvalue weighted by Gasteiger charge is 2.14. The van der Waals surface area contributed by atoms with Crippen molar-refractivity contribution in [3.8, 4) is 0 Å². The standard InChI is InChI=1S/C10H12N4O2S2/c11-14-10-6-9(3-4-12-10)18(15,16)13-7-8-2-1-5-17-8/h1-6,13H,7,11H2,(H,12,14). The SMILES string of the molecule is NNc1cc(S(=O)(=O)NCc2cccs2)ccn1. The first-order chi connectivity index (χ1) is 8.62. The van der Waals surface area contributed by atoms with Gasteiger partial charge < -0.3 is 5.43 Å². The predicted molar refractivity (Wildman–Crippen MR) is 70.4 cm³/mol. The molecule has 0 aliphatic carbocycles. The van der Waals surface area contributed by atoms with Gasteiger partial charge in [0.05, 0.1) is 4.90 Å². The molecule has 0 aliphatic rings. The number of pyridine rings is 1. The van der Waals surface area contributed by atoms with Crippen LogP contribution in [0.25, 0.3) is 0 Å². The van der Waals surface area contributed by atoms with Crippen molar-refractivity contribution in [1.29, 1.82) is 0 Å². The molecule has 0 aromatic carbocycles. The molecule has 4 N–H and O–H groups in total. The Bertz CT molecular complexity index is 611. The van der Waals surface area contributed by atoms with Crippen LogP contribution < -0.4 is 16.0 Å². The van der Waals surface area contributed by atoms with E-state index in [9.17, 15) is 8.42 Å². The zero-order valence-corrected chi connectivity index (χ0v) is 11.0. The van der Waals surface area contributed by atoms with Crippen LogP contribution in [0.1, 0.15) is 4.88 Å². The van der Waals surface area contributed by atoms with Gasteiger partial charge in [0.25, 0.3) is 0 Å². The summed E-state index contributed by atoms with van der Waals surface area (Å²) in [5.74, 6) is 5.49. The summed E-state index contributed by atoms with van der Waals surface area (Å²) in [5, 5.41) is 1.90. The van der Waals surface area contributed by atoms with Gasteiger partial charge in [-0.15, -0.1) is 11.3 Å². The largest absolute Gasteiger partial charge is 0.308 e. The minimum absolute atomic E-state index is 0.127. The molecule has 18 heavy (non-hydrogen) atoms. The average molecular weight is 284 g/mol. The van der Waals surface area contributed by atoms with E-state index < -0.39 is 10.0 Å². The first-order valence-corrected chi connectivity index (χ1v) is 7.43. The highest BCUT2D eigenvalue weighted by atomic mass is 32.2. The van der Waals surface area contributed by atoms with Crippen molar-refractivity contribution in [2.45, 2.75) is 11.4 Å². The van der Waals surface area contributed by atoms with Crippen molar-refractivity contribution in [2.75, 3.05) is 5.43 Å². The van der Waals surface area contributed by atoms with Crippen LogP contribution in [0.15, 0.2) is 40.7 Å². The Kier molecular flexibility index (Phi) is 3.92. The van der Waals surface area contributed by atoms with Crippen molar-refractivity contribution in [3.05, 3.63) is 40.7 Å². The highest BCUT2D eigenvalue weighted by molar-refractivity contribution is 7.89. The second kappa shape index (κ2) is 5.44. The molecule has 2 aromatic rings. The molecule has 6 nitrogen and oxygen atoms in total. The normalized spacial score (nSPS) is 11.4. The van der Waals surface area contributed by atoms with Gasteiger partial charge in [-0.3, -0.25) is 0 Å². The Morgan fingerprint density at radius 2 is 2.22 bits per heavy atom. The predicted octanol–water partition coefficient (Wildman–Crippen LogP) is 0.907. The molecular formula is C10H12N4O2S2. The summed E-state index contributed by atoms with van der Waals surface area (Å²) in [7, 11) is -3.55. The van der Waals surface area contributed by atoms with Crippen molar-refractivity contribution in [3.63, 3.8) is 0 Å². The van der Waals surface area contributed by atoms with Gasteiger partial charge in [0, 0.05) is 23.7 Å². The van der Waals surface area contributed by atoms with Crippen molar-refractivity contribution >= 4 is 27.2 Å². The van der Waals surface area contributed by atoms with Gasteiger partial charge in [0.1, 0.15) is 5.82 Å². The summed E-state index contributed by atoms with van der Waals surface area (Å²) < 4.78 is 26.5. The smallest absolute Gasteiger partial charge is 0.241 e. The number of thiophene rings is 1. The summed E-state index contributed by atoms with van der Waals surface area (Å²) in [4.78, 5) is 4.93. The molecular weight excluding hydrogens is 272 g/mol. The van der Waals surface area contributed by atoms with Crippen LogP contribution >= 0.6 is 11.3 Å². The maximum Gasteiger partial charge on any atom is 0.241 e. The van der Waals surface area contributed by atoms with E-state index in [1.165, 1.54) is 29.7 Å². The van der Waals surface area contributed by atoms with E-state index in [2.05, 4.69) is 15.1 Å². The number of rotatable bonds is 5. The molecule has 0 atom stereocenters. The van der Waals surface area contributed by atoms with Gasteiger partial charge in [0.15, 0.2) is 0 Å². The molecule has 2 aromatic heterocycles. The summed E-state index contributed by atoms with van der Waals surface area (Å²) in [5.41, 5.74) is 2.31. The maximum atomic E-state index is 12.0. The third-order valence-electron chi connectivity index (χ3n) is 2.21. The fourth-order valence-corrected chi connectivity index (χ4v) is 3.07. The Morgan fingerprint density at radius 1 is 1.39 bits per heavy atom. The fourth-order valence-electron chi connectivity index (χ4n) is 1.32. The Hall–Kier alpha value is -1.48. The Balaban J connectivity index is 2.14. The van der Waals surface area contributed by atoms with Crippen LogP contribution in [0.2, 0.25) is 0 Å². The summed E-state index contributed by atoms with van der Waals surface area (Å²) in [6.45, 7) is 0.272. The average Bonchev–Trinajstić information content (AvgIpc) is 2.90. The van der Waals surface area contributed by atoms with Crippen molar-refractivity contribution < 1.29 is 8.42 Å². The van der Waals surface area contributed by atoms with Crippen molar-refractivity contribution in [2.24, 2.45) is 5.84 Å². The third-order valence-corrected chi connectivity index (χ3v) is 4.48. The molecule has 0 spiro atoms. The zero-order chi connectivity index (χ0) is 13.0. The van der Waals surface area contributed by atoms with Gasteiger partial charge in [0.2, 0.25) is 10.0 Å². The van der Waals surface area contributed by atoms with Gasteiger partial charge >= 0.3 is 0 Å². The lowest BCUT2D eigenvalue weighted by Gasteiger charge is -2.06. The molecule has 8 heteroatoms. The number of sulfonamides is 1. The first kappa shape index (κ1) is 13.0. The van der Waals surface area contributed by atoms with E-state index in [4.69, 9.17) is 5.84 Å². The number of hydrazine groups is 1. The first-order valence-electron chi connectivity index (χ1n) is 5.06. The number of nitrogens with one attached hydrogen (secondary N) is 2.